The third-order valence-electron chi connectivity index (χ3n) is 4.77. The number of aliphatic hydroxyl groups is 3. The molecule has 13 nitrogen and oxygen atoms in total. The van der Waals surface area contributed by atoms with Crippen LogP contribution < -0.4 is 5.32 Å². The Hall–Kier alpha value is -1.55. The van der Waals surface area contributed by atoms with Crippen LogP contribution in [-0.2, 0) is 38.1 Å². The van der Waals surface area contributed by atoms with Crippen molar-refractivity contribution in [3.8, 4) is 0 Å². The molecule has 2 rings (SSSR count). The molecular weight excluding hydrogens is 398 g/mol. The number of aliphatic carboxylic acids is 1. The first-order chi connectivity index (χ1) is 13.8. The number of carboxylic acids is 1. The SMILES string of the molecule is COC1OC(C=O)C(O)C(OC2OC(C(=O)O)C(OC)C(O)C2O)C1NCC=O. The third kappa shape index (κ3) is 4.96. The Balaban J connectivity index is 2.28. The zero-order valence-corrected chi connectivity index (χ0v) is 15.7. The average molecular weight is 423 g/mol. The lowest BCUT2D eigenvalue weighted by atomic mass is 9.95. The average Bonchev–Trinajstić information content (AvgIpc) is 2.71. The minimum absolute atomic E-state index is 0.188. The molecule has 0 radical (unpaired) electrons. The van der Waals surface area contributed by atoms with Gasteiger partial charge in [0.25, 0.3) is 0 Å². The number of rotatable bonds is 9. The van der Waals surface area contributed by atoms with Crippen molar-refractivity contribution in [3.63, 3.8) is 0 Å². The van der Waals surface area contributed by atoms with Gasteiger partial charge in [0.2, 0.25) is 0 Å². The summed E-state index contributed by atoms with van der Waals surface area (Å²) in [5.41, 5.74) is 0. The quantitative estimate of drug-likeness (QED) is 0.226. The van der Waals surface area contributed by atoms with Crippen molar-refractivity contribution >= 4 is 18.5 Å². The van der Waals surface area contributed by atoms with Crippen LogP contribution in [0.25, 0.3) is 0 Å². The molecule has 0 aliphatic carbocycles. The van der Waals surface area contributed by atoms with Gasteiger partial charge in [-0.2, -0.15) is 0 Å². The fraction of sp³-hybridized carbons (Fsp3) is 0.812. The van der Waals surface area contributed by atoms with Gasteiger partial charge in [0, 0.05) is 14.2 Å². The molecule has 10 atom stereocenters. The van der Waals surface area contributed by atoms with E-state index in [0.29, 0.717) is 12.6 Å². The summed E-state index contributed by atoms with van der Waals surface area (Å²) in [6.07, 6.45) is -12.8. The van der Waals surface area contributed by atoms with Crippen molar-refractivity contribution in [2.24, 2.45) is 0 Å². The molecule has 0 aromatic rings. The van der Waals surface area contributed by atoms with Crippen LogP contribution in [-0.4, -0.2) is 121 Å². The van der Waals surface area contributed by atoms with Crippen LogP contribution in [0.2, 0.25) is 0 Å². The van der Waals surface area contributed by atoms with Crippen molar-refractivity contribution in [1.29, 1.82) is 0 Å². The van der Waals surface area contributed by atoms with E-state index in [9.17, 15) is 34.8 Å². The van der Waals surface area contributed by atoms with Gasteiger partial charge in [-0.3, -0.25) is 0 Å². The smallest absolute Gasteiger partial charge is 0.335 e. The zero-order valence-electron chi connectivity index (χ0n) is 15.7. The molecule has 0 spiro atoms. The molecule has 0 aromatic heterocycles. The van der Waals surface area contributed by atoms with Gasteiger partial charge >= 0.3 is 5.97 Å². The van der Waals surface area contributed by atoms with Crippen molar-refractivity contribution in [1.82, 2.24) is 5.32 Å². The third-order valence-corrected chi connectivity index (χ3v) is 4.77. The van der Waals surface area contributed by atoms with E-state index in [4.69, 9.17) is 23.7 Å². The van der Waals surface area contributed by atoms with Gasteiger partial charge in [-0.25, -0.2) is 4.79 Å². The van der Waals surface area contributed by atoms with E-state index in [1.54, 1.807) is 0 Å². The second-order valence-electron chi connectivity index (χ2n) is 6.48. The number of carbonyl (C=O) groups is 3. The van der Waals surface area contributed by atoms with E-state index in [2.05, 4.69) is 5.32 Å². The van der Waals surface area contributed by atoms with E-state index in [0.717, 1.165) is 7.11 Å². The van der Waals surface area contributed by atoms with Crippen LogP contribution in [0.3, 0.4) is 0 Å². The molecule has 0 aromatic carbocycles. The number of nitrogens with one attached hydrogen (secondary N) is 1. The minimum atomic E-state index is -1.74. The number of hydrogen-bond donors (Lipinski definition) is 5. The summed E-state index contributed by atoms with van der Waals surface area (Å²) in [5, 5.41) is 43.0. The van der Waals surface area contributed by atoms with Crippen molar-refractivity contribution in [3.05, 3.63) is 0 Å². The molecule has 2 saturated heterocycles. The first kappa shape index (κ1) is 23.7. The minimum Gasteiger partial charge on any atom is -0.479 e. The predicted octanol–water partition coefficient (Wildman–Crippen LogP) is -3.99. The summed E-state index contributed by atoms with van der Waals surface area (Å²) in [5.74, 6) is -1.47. The molecule has 0 bridgehead atoms. The predicted molar refractivity (Wildman–Crippen MR) is 89.6 cm³/mol. The Morgan fingerprint density at radius 3 is 2.21 bits per heavy atom. The lowest BCUT2D eigenvalue weighted by Gasteiger charge is -2.46. The molecule has 166 valence electrons. The maximum absolute atomic E-state index is 11.4. The highest BCUT2D eigenvalue weighted by Gasteiger charge is 2.53. The molecule has 2 aliphatic heterocycles. The van der Waals surface area contributed by atoms with Crippen LogP contribution >= 0.6 is 0 Å². The second-order valence-corrected chi connectivity index (χ2v) is 6.48. The van der Waals surface area contributed by atoms with Crippen molar-refractivity contribution < 1.29 is 58.5 Å². The number of carboxylic acid groups (broad SMARTS) is 1. The van der Waals surface area contributed by atoms with Gasteiger partial charge in [-0.1, -0.05) is 0 Å². The number of carbonyl (C=O) groups excluding carboxylic acids is 2. The fourth-order valence-corrected chi connectivity index (χ4v) is 3.32. The van der Waals surface area contributed by atoms with Crippen LogP contribution in [0.5, 0.6) is 0 Å². The van der Waals surface area contributed by atoms with Crippen molar-refractivity contribution in [2.45, 2.75) is 61.3 Å². The standard InChI is InChI=1S/C16H25NO12/c1-25-12-9(21)10(22)16(29-13(12)14(23)24)28-11-7(17-3-4-18)15(26-2)27-6(5-19)8(11)20/h4-13,15-17,20-22H,3H2,1-2H3,(H,23,24). The van der Waals surface area contributed by atoms with E-state index >= 15 is 0 Å². The monoisotopic (exact) mass is 423 g/mol. The van der Waals surface area contributed by atoms with E-state index in [-0.39, 0.29) is 6.54 Å². The largest absolute Gasteiger partial charge is 0.479 e. The highest BCUT2D eigenvalue weighted by molar-refractivity contribution is 5.73. The summed E-state index contributed by atoms with van der Waals surface area (Å²) in [6.45, 7) is -0.188. The molecule has 2 fully saturated rings. The number of methoxy groups -OCH3 is 2. The van der Waals surface area contributed by atoms with Gasteiger partial charge in [-0.15, -0.1) is 0 Å². The van der Waals surface area contributed by atoms with Gasteiger partial charge < -0.3 is 59.0 Å². The number of ether oxygens (including phenoxy) is 5. The lowest BCUT2D eigenvalue weighted by Crippen LogP contribution is -2.67. The summed E-state index contributed by atoms with van der Waals surface area (Å²) in [4.78, 5) is 33.4. The maximum Gasteiger partial charge on any atom is 0.335 e. The molecular formula is C16H25NO12. The molecule has 0 saturated carbocycles. The Morgan fingerprint density at radius 2 is 1.69 bits per heavy atom. The van der Waals surface area contributed by atoms with Gasteiger partial charge in [0.1, 0.15) is 42.9 Å². The normalized spacial score (nSPS) is 42.9. The molecule has 2 aliphatic rings. The topological polar surface area (TPSA) is 190 Å². The fourth-order valence-electron chi connectivity index (χ4n) is 3.32. The lowest BCUT2D eigenvalue weighted by molar-refractivity contribution is -0.335. The summed E-state index contributed by atoms with van der Waals surface area (Å²) >= 11 is 0. The second kappa shape index (κ2) is 10.5. The molecule has 13 heteroatoms. The Kier molecular flexibility index (Phi) is 8.57. The molecule has 29 heavy (non-hydrogen) atoms. The summed E-state index contributed by atoms with van der Waals surface area (Å²) < 4.78 is 26.1. The van der Waals surface area contributed by atoms with Crippen LogP contribution in [0, 0.1) is 0 Å². The molecule has 5 N–H and O–H groups in total. The highest BCUT2D eigenvalue weighted by atomic mass is 16.7. The molecule has 10 unspecified atom stereocenters. The van der Waals surface area contributed by atoms with Gasteiger partial charge in [0.15, 0.2) is 25.0 Å². The van der Waals surface area contributed by atoms with Gasteiger partial charge in [-0.05, 0) is 0 Å². The first-order valence-electron chi connectivity index (χ1n) is 8.71. The number of hydrogen-bond acceptors (Lipinski definition) is 12. The van der Waals surface area contributed by atoms with Crippen LogP contribution in [0.1, 0.15) is 0 Å². The zero-order chi connectivity index (χ0) is 21.7. The molecule has 0 amide bonds. The summed E-state index contributed by atoms with van der Waals surface area (Å²) in [7, 11) is 2.40. The maximum atomic E-state index is 11.4. The Labute approximate surface area is 165 Å². The van der Waals surface area contributed by atoms with Crippen LogP contribution in [0.15, 0.2) is 0 Å². The first-order valence-corrected chi connectivity index (χ1v) is 8.71. The number of aliphatic hydroxyl groups excluding tert-OH is 3. The number of aldehydes is 2. The van der Waals surface area contributed by atoms with E-state index in [1.165, 1.54) is 7.11 Å². The van der Waals surface area contributed by atoms with Gasteiger partial charge in [0.05, 0.1) is 12.6 Å². The highest BCUT2D eigenvalue weighted by Crippen LogP contribution is 2.30. The van der Waals surface area contributed by atoms with Crippen LogP contribution in [0.4, 0.5) is 0 Å². The molecule has 2 heterocycles. The summed E-state index contributed by atoms with van der Waals surface area (Å²) in [6, 6.07) is -1.01. The van der Waals surface area contributed by atoms with E-state index < -0.39 is 67.3 Å². The Bertz CT molecular complexity index is 576. The van der Waals surface area contributed by atoms with E-state index in [1.807, 2.05) is 0 Å². The van der Waals surface area contributed by atoms with Crippen molar-refractivity contribution in [2.75, 3.05) is 20.8 Å². The Morgan fingerprint density at radius 1 is 1.00 bits per heavy atom.